The number of hydrogen-bond donors (Lipinski definition) is 1. The van der Waals surface area contributed by atoms with Gasteiger partial charge >= 0.3 is 0 Å². The number of carbonyl (C=O) groups is 1. The van der Waals surface area contributed by atoms with Gasteiger partial charge in [0.05, 0.1) is 18.2 Å². The first-order valence-corrected chi connectivity index (χ1v) is 8.01. The lowest BCUT2D eigenvalue weighted by Gasteiger charge is -2.13. The second kappa shape index (κ2) is 5.54. The minimum absolute atomic E-state index is 0.0350. The van der Waals surface area contributed by atoms with Crippen molar-refractivity contribution in [2.45, 2.75) is 32.2 Å². The van der Waals surface area contributed by atoms with Gasteiger partial charge in [0.2, 0.25) is 5.91 Å². The first-order chi connectivity index (χ1) is 11.2. The highest BCUT2D eigenvalue weighted by Crippen LogP contribution is 2.30. The molecule has 0 radical (unpaired) electrons. The van der Waals surface area contributed by atoms with Crippen LogP contribution in [-0.2, 0) is 17.6 Å². The highest BCUT2D eigenvalue weighted by atomic mass is 16.1. The van der Waals surface area contributed by atoms with Crippen LogP contribution in [0.5, 0.6) is 0 Å². The van der Waals surface area contributed by atoms with Crippen LogP contribution in [-0.4, -0.2) is 15.3 Å². The van der Waals surface area contributed by atoms with Gasteiger partial charge in [-0.3, -0.25) is 4.79 Å². The van der Waals surface area contributed by atoms with E-state index in [9.17, 15) is 4.79 Å². The van der Waals surface area contributed by atoms with Gasteiger partial charge in [-0.2, -0.15) is 0 Å². The molecular weight excluding hydrogens is 286 g/mol. The Balaban J connectivity index is 1.49. The summed E-state index contributed by atoms with van der Waals surface area (Å²) in [6.45, 7) is 2.03. The van der Waals surface area contributed by atoms with Crippen LogP contribution in [0.15, 0.2) is 48.8 Å². The van der Waals surface area contributed by atoms with Crippen LogP contribution < -0.4 is 5.32 Å². The van der Waals surface area contributed by atoms with Gasteiger partial charge in [-0.1, -0.05) is 30.3 Å². The highest BCUT2D eigenvalue weighted by molar-refractivity contribution is 5.79. The fraction of sp³-hybridized carbons (Fsp3) is 0.263. The maximum absolute atomic E-state index is 12.4. The SMILES string of the molecule is Cc1cccn2cc(CC(=O)N[C@@H]3CCc4ccccc43)nc12. The number of imidazole rings is 1. The van der Waals surface area contributed by atoms with Crippen molar-refractivity contribution in [2.24, 2.45) is 0 Å². The third-order valence-corrected chi connectivity index (χ3v) is 4.54. The molecule has 1 amide bonds. The van der Waals surface area contributed by atoms with Gasteiger partial charge in [0.25, 0.3) is 0 Å². The molecule has 2 aromatic heterocycles. The fourth-order valence-corrected chi connectivity index (χ4v) is 3.41. The molecule has 0 saturated carbocycles. The van der Waals surface area contributed by atoms with Gasteiger partial charge in [-0.05, 0) is 42.5 Å². The molecule has 4 heteroatoms. The summed E-state index contributed by atoms with van der Waals surface area (Å²) in [6, 6.07) is 12.5. The quantitative estimate of drug-likeness (QED) is 0.808. The third kappa shape index (κ3) is 2.61. The molecule has 116 valence electrons. The minimum Gasteiger partial charge on any atom is -0.349 e. The second-order valence-corrected chi connectivity index (χ2v) is 6.19. The van der Waals surface area contributed by atoms with E-state index in [1.54, 1.807) is 0 Å². The number of aromatic nitrogens is 2. The molecule has 4 nitrogen and oxygen atoms in total. The van der Waals surface area contributed by atoms with Gasteiger partial charge < -0.3 is 9.72 Å². The minimum atomic E-state index is 0.0350. The Morgan fingerprint density at radius 1 is 1.30 bits per heavy atom. The Bertz CT molecular complexity index is 881. The van der Waals surface area contributed by atoms with Crippen molar-refractivity contribution in [3.05, 3.63) is 71.2 Å². The monoisotopic (exact) mass is 305 g/mol. The molecule has 0 fully saturated rings. The number of nitrogens with one attached hydrogen (secondary N) is 1. The molecule has 4 rings (SSSR count). The molecule has 1 aliphatic rings. The second-order valence-electron chi connectivity index (χ2n) is 6.19. The highest BCUT2D eigenvalue weighted by Gasteiger charge is 2.23. The van der Waals surface area contributed by atoms with E-state index in [0.29, 0.717) is 6.42 Å². The number of aryl methyl sites for hydroxylation is 2. The van der Waals surface area contributed by atoms with Crippen molar-refractivity contribution in [2.75, 3.05) is 0 Å². The third-order valence-electron chi connectivity index (χ3n) is 4.54. The van der Waals surface area contributed by atoms with Crippen molar-refractivity contribution < 1.29 is 4.79 Å². The molecule has 2 heterocycles. The van der Waals surface area contributed by atoms with E-state index in [2.05, 4.69) is 28.5 Å². The molecule has 3 aromatic rings. The Hall–Kier alpha value is -2.62. The van der Waals surface area contributed by atoms with E-state index in [1.807, 2.05) is 41.9 Å². The maximum Gasteiger partial charge on any atom is 0.226 e. The smallest absolute Gasteiger partial charge is 0.226 e. The summed E-state index contributed by atoms with van der Waals surface area (Å²) < 4.78 is 1.98. The standard InChI is InChI=1S/C19H19N3O/c1-13-5-4-10-22-12-15(20-19(13)22)11-18(23)21-17-9-8-14-6-2-3-7-16(14)17/h2-7,10,12,17H,8-9,11H2,1H3,(H,21,23)/t17-/m1/s1. The molecule has 0 aliphatic heterocycles. The van der Waals surface area contributed by atoms with Crippen LogP contribution in [0.4, 0.5) is 0 Å². The van der Waals surface area contributed by atoms with Gasteiger partial charge in [-0.15, -0.1) is 0 Å². The Kier molecular flexibility index (Phi) is 3.37. The number of pyridine rings is 1. The van der Waals surface area contributed by atoms with Gasteiger partial charge in [0, 0.05) is 12.4 Å². The van der Waals surface area contributed by atoms with E-state index in [1.165, 1.54) is 11.1 Å². The van der Waals surface area contributed by atoms with E-state index in [0.717, 1.165) is 29.7 Å². The van der Waals surface area contributed by atoms with Crippen molar-refractivity contribution in [1.29, 1.82) is 0 Å². The lowest BCUT2D eigenvalue weighted by Crippen LogP contribution is -2.28. The number of rotatable bonds is 3. The zero-order chi connectivity index (χ0) is 15.8. The Labute approximate surface area is 135 Å². The number of benzene rings is 1. The maximum atomic E-state index is 12.4. The molecule has 23 heavy (non-hydrogen) atoms. The van der Waals surface area contributed by atoms with Gasteiger partial charge in [0.15, 0.2) is 0 Å². The Morgan fingerprint density at radius 3 is 3.04 bits per heavy atom. The van der Waals surface area contributed by atoms with Crippen molar-refractivity contribution in [1.82, 2.24) is 14.7 Å². The number of amides is 1. The summed E-state index contributed by atoms with van der Waals surface area (Å²) in [6.07, 6.45) is 6.23. The molecule has 1 aromatic carbocycles. The average molecular weight is 305 g/mol. The zero-order valence-corrected chi connectivity index (χ0v) is 13.1. The van der Waals surface area contributed by atoms with Crippen LogP contribution in [0, 0.1) is 6.92 Å². The first kappa shape index (κ1) is 14.0. The van der Waals surface area contributed by atoms with Gasteiger partial charge in [-0.25, -0.2) is 4.98 Å². The van der Waals surface area contributed by atoms with Crippen molar-refractivity contribution in [3.8, 4) is 0 Å². The van der Waals surface area contributed by atoms with Crippen LogP contribution in [0.2, 0.25) is 0 Å². The summed E-state index contributed by atoms with van der Waals surface area (Å²) in [5, 5.41) is 3.15. The number of nitrogens with zero attached hydrogens (tertiary/aromatic N) is 2. The predicted molar refractivity (Wildman–Crippen MR) is 89.3 cm³/mol. The molecule has 1 atom stereocenters. The number of hydrogen-bond acceptors (Lipinski definition) is 2. The van der Waals surface area contributed by atoms with Crippen LogP contribution in [0.1, 0.15) is 34.8 Å². The Morgan fingerprint density at radius 2 is 2.17 bits per heavy atom. The lowest BCUT2D eigenvalue weighted by molar-refractivity contribution is -0.121. The molecule has 1 N–H and O–H groups in total. The summed E-state index contributed by atoms with van der Waals surface area (Å²) in [7, 11) is 0. The molecule has 0 unspecified atom stereocenters. The summed E-state index contributed by atoms with van der Waals surface area (Å²) in [5.41, 5.74) is 5.45. The molecule has 1 aliphatic carbocycles. The normalized spacial score (nSPS) is 16.5. The van der Waals surface area contributed by atoms with E-state index in [4.69, 9.17) is 0 Å². The zero-order valence-electron chi connectivity index (χ0n) is 13.1. The predicted octanol–water partition coefficient (Wildman–Crippen LogP) is 2.99. The van der Waals surface area contributed by atoms with Crippen LogP contribution >= 0.6 is 0 Å². The molecule has 0 saturated heterocycles. The fourth-order valence-electron chi connectivity index (χ4n) is 3.41. The number of fused-ring (bicyclic) bond motifs is 2. The van der Waals surface area contributed by atoms with E-state index in [-0.39, 0.29) is 11.9 Å². The molecular formula is C19H19N3O. The summed E-state index contributed by atoms with van der Waals surface area (Å²) >= 11 is 0. The lowest BCUT2D eigenvalue weighted by atomic mass is 10.1. The van der Waals surface area contributed by atoms with Crippen molar-refractivity contribution in [3.63, 3.8) is 0 Å². The van der Waals surface area contributed by atoms with Crippen LogP contribution in [0.25, 0.3) is 5.65 Å². The number of carbonyl (C=O) groups excluding carboxylic acids is 1. The van der Waals surface area contributed by atoms with Gasteiger partial charge in [0.1, 0.15) is 5.65 Å². The van der Waals surface area contributed by atoms with E-state index < -0.39 is 0 Å². The van der Waals surface area contributed by atoms with Crippen LogP contribution in [0.3, 0.4) is 0 Å². The average Bonchev–Trinajstić information content (AvgIpc) is 3.12. The first-order valence-electron chi connectivity index (χ1n) is 8.01. The van der Waals surface area contributed by atoms with Crippen molar-refractivity contribution >= 4 is 11.6 Å². The molecule has 0 spiro atoms. The summed E-state index contributed by atoms with van der Waals surface area (Å²) in [5.74, 6) is 0.0350. The molecule has 0 bridgehead atoms. The topological polar surface area (TPSA) is 46.4 Å². The largest absolute Gasteiger partial charge is 0.349 e. The van der Waals surface area contributed by atoms with E-state index >= 15 is 0 Å². The summed E-state index contributed by atoms with van der Waals surface area (Å²) in [4.78, 5) is 17.0.